The largest absolute Gasteiger partial charge is 0.459 e. The molecule has 0 bridgehead atoms. The van der Waals surface area contributed by atoms with Crippen LogP contribution in [-0.2, 0) is 19.1 Å². The van der Waals surface area contributed by atoms with E-state index >= 15 is 0 Å². The summed E-state index contributed by atoms with van der Waals surface area (Å²) in [6.45, 7) is 5.15. The Labute approximate surface area is 113 Å². The molecule has 1 amide bonds. The lowest BCUT2D eigenvalue weighted by Gasteiger charge is -2.04. The van der Waals surface area contributed by atoms with Crippen LogP contribution in [0.3, 0.4) is 0 Å². The van der Waals surface area contributed by atoms with Crippen molar-refractivity contribution in [2.75, 3.05) is 11.9 Å². The highest BCUT2D eigenvalue weighted by Gasteiger charge is 2.18. The highest BCUT2D eigenvalue weighted by molar-refractivity contribution is 7.17. The van der Waals surface area contributed by atoms with Gasteiger partial charge < -0.3 is 9.47 Å². The molecular formula is C11H14N2O5S. The molecule has 19 heavy (non-hydrogen) atoms. The zero-order chi connectivity index (χ0) is 14.4. The summed E-state index contributed by atoms with van der Waals surface area (Å²) >= 11 is 0.921. The zero-order valence-electron chi connectivity index (χ0n) is 10.8. The first-order valence-electron chi connectivity index (χ1n) is 5.59. The van der Waals surface area contributed by atoms with Crippen molar-refractivity contribution >= 4 is 34.3 Å². The number of thiazole rings is 1. The standard InChI is InChI=1S/C11H14N2O5S/c1-4-17-10(16)8(14)13-11-12-5-7(19-11)9(15)18-6(2)3/h5-6H,4H2,1-3H3,(H,12,13,14). The number of aromatic nitrogens is 1. The smallest absolute Gasteiger partial charge is 0.397 e. The summed E-state index contributed by atoms with van der Waals surface area (Å²) in [7, 11) is 0. The number of carbonyl (C=O) groups is 3. The maximum Gasteiger partial charge on any atom is 0.397 e. The Kier molecular flexibility index (Phi) is 5.43. The zero-order valence-corrected chi connectivity index (χ0v) is 11.6. The fourth-order valence-electron chi connectivity index (χ4n) is 1.04. The van der Waals surface area contributed by atoms with Gasteiger partial charge in [0.15, 0.2) is 5.13 Å². The van der Waals surface area contributed by atoms with Gasteiger partial charge in [-0.2, -0.15) is 0 Å². The highest BCUT2D eigenvalue weighted by Crippen LogP contribution is 2.19. The molecule has 0 aliphatic heterocycles. The van der Waals surface area contributed by atoms with Crippen LogP contribution in [0, 0.1) is 0 Å². The first kappa shape index (κ1) is 15.1. The van der Waals surface area contributed by atoms with Crippen molar-refractivity contribution < 1.29 is 23.9 Å². The summed E-state index contributed by atoms with van der Waals surface area (Å²) in [5.41, 5.74) is 0. The van der Waals surface area contributed by atoms with Gasteiger partial charge in [-0.25, -0.2) is 14.6 Å². The summed E-state index contributed by atoms with van der Waals surface area (Å²) in [6, 6.07) is 0. The van der Waals surface area contributed by atoms with Crippen LogP contribution in [0.2, 0.25) is 0 Å². The Hall–Kier alpha value is -1.96. The van der Waals surface area contributed by atoms with E-state index in [9.17, 15) is 14.4 Å². The first-order chi connectivity index (χ1) is 8.93. The normalized spacial score (nSPS) is 10.1. The van der Waals surface area contributed by atoms with Crippen molar-refractivity contribution in [1.29, 1.82) is 0 Å². The van der Waals surface area contributed by atoms with Gasteiger partial charge in [0.1, 0.15) is 4.88 Å². The number of anilines is 1. The van der Waals surface area contributed by atoms with Crippen LogP contribution in [0.25, 0.3) is 0 Å². The molecule has 1 N–H and O–H groups in total. The number of nitrogens with one attached hydrogen (secondary N) is 1. The summed E-state index contributed by atoms with van der Waals surface area (Å²) in [4.78, 5) is 38.0. The lowest BCUT2D eigenvalue weighted by molar-refractivity contribution is -0.152. The third-order valence-corrected chi connectivity index (χ3v) is 2.62. The third kappa shape index (κ3) is 4.66. The first-order valence-corrected chi connectivity index (χ1v) is 6.40. The molecule has 0 atom stereocenters. The molecule has 1 rings (SSSR count). The van der Waals surface area contributed by atoms with Gasteiger partial charge in [-0.1, -0.05) is 11.3 Å². The van der Waals surface area contributed by atoms with Crippen molar-refractivity contribution in [1.82, 2.24) is 4.98 Å². The second-order valence-electron chi connectivity index (χ2n) is 3.66. The monoisotopic (exact) mass is 286 g/mol. The van der Waals surface area contributed by atoms with Gasteiger partial charge in [-0.3, -0.25) is 10.1 Å². The number of hydrogen-bond acceptors (Lipinski definition) is 7. The second kappa shape index (κ2) is 6.83. The average molecular weight is 286 g/mol. The van der Waals surface area contributed by atoms with E-state index in [1.54, 1.807) is 20.8 Å². The summed E-state index contributed by atoms with van der Waals surface area (Å²) in [6.07, 6.45) is 1.03. The SMILES string of the molecule is CCOC(=O)C(=O)Nc1ncc(C(=O)OC(C)C)s1. The molecule has 0 aliphatic carbocycles. The summed E-state index contributed by atoms with van der Waals surface area (Å²) in [5.74, 6) is -2.45. The van der Waals surface area contributed by atoms with Crippen LogP contribution >= 0.6 is 11.3 Å². The molecule has 0 radical (unpaired) electrons. The van der Waals surface area contributed by atoms with E-state index in [0.29, 0.717) is 0 Å². The summed E-state index contributed by atoms with van der Waals surface area (Å²) in [5, 5.41) is 2.37. The lowest BCUT2D eigenvalue weighted by atomic mass is 10.5. The van der Waals surface area contributed by atoms with Crippen LogP contribution in [0.4, 0.5) is 5.13 Å². The number of ether oxygens (including phenoxy) is 2. The minimum Gasteiger partial charge on any atom is -0.459 e. The number of rotatable bonds is 4. The van der Waals surface area contributed by atoms with Gasteiger partial charge in [0.05, 0.1) is 18.9 Å². The Morgan fingerprint density at radius 1 is 1.42 bits per heavy atom. The molecule has 1 aromatic heterocycles. The van der Waals surface area contributed by atoms with Crippen molar-refractivity contribution in [3.8, 4) is 0 Å². The van der Waals surface area contributed by atoms with E-state index < -0.39 is 17.8 Å². The molecule has 1 aromatic rings. The van der Waals surface area contributed by atoms with Crippen LogP contribution in [-0.4, -0.2) is 35.5 Å². The number of carbonyl (C=O) groups excluding carboxylic acids is 3. The second-order valence-corrected chi connectivity index (χ2v) is 4.69. The molecule has 8 heteroatoms. The fraction of sp³-hybridized carbons (Fsp3) is 0.455. The summed E-state index contributed by atoms with van der Waals surface area (Å²) < 4.78 is 9.48. The molecule has 0 unspecified atom stereocenters. The van der Waals surface area contributed by atoms with Crippen molar-refractivity contribution in [3.05, 3.63) is 11.1 Å². The van der Waals surface area contributed by atoms with E-state index in [1.807, 2.05) is 0 Å². The van der Waals surface area contributed by atoms with E-state index in [2.05, 4.69) is 15.0 Å². The van der Waals surface area contributed by atoms with E-state index in [0.717, 1.165) is 11.3 Å². The molecular weight excluding hydrogens is 272 g/mol. The van der Waals surface area contributed by atoms with Crippen LogP contribution in [0.15, 0.2) is 6.20 Å². The minimum atomic E-state index is -0.996. The molecule has 7 nitrogen and oxygen atoms in total. The van der Waals surface area contributed by atoms with E-state index in [4.69, 9.17) is 4.74 Å². The van der Waals surface area contributed by atoms with Crippen molar-refractivity contribution in [3.63, 3.8) is 0 Å². The Bertz CT molecular complexity index is 483. The van der Waals surface area contributed by atoms with Gasteiger partial charge in [0.25, 0.3) is 0 Å². The van der Waals surface area contributed by atoms with Crippen LogP contribution < -0.4 is 5.32 Å². The predicted octanol–water partition coefficient (Wildman–Crippen LogP) is 1.21. The molecule has 0 fully saturated rings. The maximum absolute atomic E-state index is 11.5. The quantitative estimate of drug-likeness (QED) is 0.660. The van der Waals surface area contributed by atoms with Gasteiger partial charge in [0.2, 0.25) is 0 Å². The van der Waals surface area contributed by atoms with E-state index in [-0.39, 0.29) is 22.7 Å². The molecule has 1 heterocycles. The van der Waals surface area contributed by atoms with Gasteiger partial charge >= 0.3 is 17.8 Å². The number of amides is 1. The van der Waals surface area contributed by atoms with E-state index in [1.165, 1.54) is 6.20 Å². The lowest BCUT2D eigenvalue weighted by Crippen LogP contribution is -2.24. The minimum absolute atomic E-state index is 0.107. The topological polar surface area (TPSA) is 94.6 Å². The van der Waals surface area contributed by atoms with Crippen LogP contribution in [0.5, 0.6) is 0 Å². The molecule has 104 valence electrons. The Morgan fingerprint density at radius 3 is 2.68 bits per heavy atom. The molecule has 0 saturated heterocycles. The highest BCUT2D eigenvalue weighted by atomic mass is 32.1. The molecule has 0 spiro atoms. The molecule has 0 aliphatic rings. The van der Waals surface area contributed by atoms with Gasteiger partial charge in [-0.05, 0) is 20.8 Å². The number of esters is 2. The fourth-order valence-corrected chi connectivity index (χ4v) is 1.74. The predicted molar refractivity (Wildman–Crippen MR) is 67.9 cm³/mol. The Morgan fingerprint density at radius 2 is 2.11 bits per heavy atom. The van der Waals surface area contributed by atoms with Crippen molar-refractivity contribution in [2.45, 2.75) is 26.9 Å². The van der Waals surface area contributed by atoms with Crippen LogP contribution in [0.1, 0.15) is 30.4 Å². The maximum atomic E-state index is 11.5. The Balaban J connectivity index is 2.62. The third-order valence-electron chi connectivity index (χ3n) is 1.73. The van der Waals surface area contributed by atoms with Crippen molar-refractivity contribution in [2.24, 2.45) is 0 Å². The van der Waals surface area contributed by atoms with Gasteiger partial charge in [0, 0.05) is 0 Å². The molecule has 0 saturated carbocycles. The molecule has 0 aromatic carbocycles. The van der Waals surface area contributed by atoms with Gasteiger partial charge in [-0.15, -0.1) is 0 Å². The average Bonchev–Trinajstić information content (AvgIpc) is 2.77. The number of nitrogens with zero attached hydrogens (tertiary/aromatic N) is 1. The number of hydrogen-bond donors (Lipinski definition) is 1.